The summed E-state index contributed by atoms with van der Waals surface area (Å²) in [5, 5.41) is 9.00. The first-order chi connectivity index (χ1) is 13.1. The number of carbonyl (C=O) groups excluding carboxylic acids is 2. The molecule has 7 nitrogen and oxygen atoms in total. The van der Waals surface area contributed by atoms with E-state index in [2.05, 4.69) is 0 Å². The van der Waals surface area contributed by atoms with Crippen molar-refractivity contribution in [3.8, 4) is 0 Å². The normalized spacial score (nSPS) is 15.4. The Balaban J connectivity index is 2.18. The maximum absolute atomic E-state index is 13.6. The van der Waals surface area contributed by atoms with Gasteiger partial charge in [-0.1, -0.05) is 6.07 Å². The lowest BCUT2D eigenvalue weighted by Crippen LogP contribution is -2.38. The van der Waals surface area contributed by atoms with Crippen molar-refractivity contribution >= 4 is 17.8 Å². The van der Waals surface area contributed by atoms with Crippen LogP contribution in [0.5, 0.6) is 0 Å². The van der Waals surface area contributed by atoms with Gasteiger partial charge in [0, 0.05) is 25.8 Å². The summed E-state index contributed by atoms with van der Waals surface area (Å²) in [6, 6.07) is 3.37. The number of benzene rings is 1. The van der Waals surface area contributed by atoms with Crippen LogP contribution in [-0.4, -0.2) is 49.5 Å². The Kier molecular flexibility index (Phi) is 7.00. The molecule has 1 aliphatic rings. The van der Waals surface area contributed by atoms with Crippen LogP contribution in [0.2, 0.25) is 0 Å². The minimum absolute atomic E-state index is 0.0763. The molecule has 10 heteroatoms. The minimum atomic E-state index is -4.63. The number of hydrogen-bond donors (Lipinski definition) is 3. The SMILES string of the molecule is COCCC(=O)N1CCC(c2ccc(C(=O)NC(=N)N)cc2C(F)(F)F)CC1. The van der Waals surface area contributed by atoms with E-state index in [0.29, 0.717) is 32.5 Å². The molecule has 0 aromatic heterocycles. The molecule has 0 bridgehead atoms. The van der Waals surface area contributed by atoms with Crippen LogP contribution in [-0.2, 0) is 15.7 Å². The molecule has 2 rings (SSSR count). The van der Waals surface area contributed by atoms with Crippen LogP contribution in [0.4, 0.5) is 13.2 Å². The zero-order valence-electron chi connectivity index (χ0n) is 15.4. The van der Waals surface area contributed by atoms with E-state index in [1.807, 2.05) is 5.32 Å². The lowest BCUT2D eigenvalue weighted by atomic mass is 9.85. The van der Waals surface area contributed by atoms with Crippen LogP contribution in [0.3, 0.4) is 0 Å². The molecule has 1 aromatic carbocycles. The number of piperidine rings is 1. The molecule has 0 spiro atoms. The Bertz CT molecular complexity index is 744. The Morgan fingerprint density at radius 1 is 1.32 bits per heavy atom. The van der Waals surface area contributed by atoms with E-state index < -0.39 is 23.6 Å². The van der Waals surface area contributed by atoms with E-state index in [0.717, 1.165) is 6.07 Å². The fourth-order valence-electron chi connectivity index (χ4n) is 3.28. The van der Waals surface area contributed by atoms with Gasteiger partial charge in [-0.2, -0.15) is 13.2 Å². The highest BCUT2D eigenvalue weighted by Crippen LogP contribution is 2.39. The number of methoxy groups -OCH3 is 1. The van der Waals surface area contributed by atoms with Crippen molar-refractivity contribution in [3.05, 3.63) is 34.9 Å². The third-order valence-electron chi connectivity index (χ3n) is 4.68. The topological polar surface area (TPSA) is 109 Å². The molecule has 1 aromatic rings. The molecule has 1 heterocycles. The van der Waals surface area contributed by atoms with E-state index in [4.69, 9.17) is 15.9 Å². The van der Waals surface area contributed by atoms with Gasteiger partial charge in [0.1, 0.15) is 0 Å². The number of nitrogens with two attached hydrogens (primary N) is 1. The summed E-state index contributed by atoms with van der Waals surface area (Å²) in [4.78, 5) is 25.5. The third kappa shape index (κ3) is 5.44. The molecule has 1 aliphatic heterocycles. The molecule has 0 radical (unpaired) electrons. The van der Waals surface area contributed by atoms with Crippen molar-refractivity contribution in [2.75, 3.05) is 26.8 Å². The zero-order valence-corrected chi connectivity index (χ0v) is 15.4. The largest absolute Gasteiger partial charge is 0.416 e. The number of ether oxygens (including phenoxy) is 1. The van der Waals surface area contributed by atoms with E-state index in [1.165, 1.54) is 19.2 Å². The average molecular weight is 400 g/mol. The van der Waals surface area contributed by atoms with Crippen molar-refractivity contribution in [3.63, 3.8) is 0 Å². The first kappa shape index (κ1) is 21.7. The minimum Gasteiger partial charge on any atom is -0.384 e. The molecule has 0 saturated carbocycles. The van der Waals surface area contributed by atoms with E-state index in [-0.39, 0.29) is 29.4 Å². The summed E-state index contributed by atoms with van der Waals surface area (Å²) in [6.07, 6.45) is -3.58. The highest BCUT2D eigenvalue weighted by molar-refractivity contribution is 6.04. The van der Waals surface area contributed by atoms with Crippen molar-refractivity contribution in [2.24, 2.45) is 5.73 Å². The second kappa shape index (κ2) is 9.05. The number of alkyl halides is 3. The number of guanidine groups is 1. The lowest BCUT2D eigenvalue weighted by Gasteiger charge is -2.33. The van der Waals surface area contributed by atoms with E-state index in [1.54, 1.807) is 4.90 Å². The molecular weight excluding hydrogens is 377 g/mol. The second-order valence-corrected chi connectivity index (χ2v) is 6.57. The van der Waals surface area contributed by atoms with Crippen molar-refractivity contribution in [2.45, 2.75) is 31.4 Å². The van der Waals surface area contributed by atoms with Crippen LogP contribution in [0.15, 0.2) is 18.2 Å². The van der Waals surface area contributed by atoms with Gasteiger partial charge in [-0.3, -0.25) is 20.3 Å². The predicted octanol–water partition coefficient (Wildman–Crippen LogP) is 2.07. The van der Waals surface area contributed by atoms with Gasteiger partial charge < -0.3 is 15.4 Å². The van der Waals surface area contributed by atoms with Crippen LogP contribution in [0.1, 0.15) is 46.7 Å². The second-order valence-electron chi connectivity index (χ2n) is 6.57. The molecule has 1 fully saturated rings. The molecule has 2 amide bonds. The number of carbonyl (C=O) groups is 2. The van der Waals surface area contributed by atoms with Gasteiger partial charge in [-0.05, 0) is 36.5 Å². The van der Waals surface area contributed by atoms with Gasteiger partial charge in [0.15, 0.2) is 5.96 Å². The first-order valence-corrected chi connectivity index (χ1v) is 8.76. The number of halogens is 3. The molecule has 0 unspecified atom stereocenters. The van der Waals surface area contributed by atoms with Crippen molar-refractivity contribution in [1.29, 1.82) is 5.41 Å². The number of nitrogens with one attached hydrogen (secondary N) is 2. The van der Waals surface area contributed by atoms with Crippen LogP contribution >= 0.6 is 0 Å². The molecule has 0 atom stereocenters. The molecule has 0 aliphatic carbocycles. The van der Waals surface area contributed by atoms with Crippen molar-refractivity contribution < 1.29 is 27.5 Å². The predicted molar refractivity (Wildman–Crippen MR) is 95.9 cm³/mol. The number of hydrogen-bond acceptors (Lipinski definition) is 4. The summed E-state index contributed by atoms with van der Waals surface area (Å²) in [6.45, 7) is 1.05. The summed E-state index contributed by atoms with van der Waals surface area (Å²) in [7, 11) is 1.50. The highest BCUT2D eigenvalue weighted by Gasteiger charge is 2.37. The summed E-state index contributed by atoms with van der Waals surface area (Å²) >= 11 is 0. The van der Waals surface area contributed by atoms with Crippen molar-refractivity contribution in [1.82, 2.24) is 10.2 Å². The standard InChI is InChI=1S/C18H23F3N4O3/c1-28-9-6-15(26)25-7-4-11(5-8-25)13-3-2-12(16(27)24-17(22)23)10-14(13)18(19,20)21/h2-3,10-11H,4-9H2,1H3,(H4,22,23,24,27). The Hall–Kier alpha value is -2.62. The van der Waals surface area contributed by atoms with Gasteiger partial charge in [0.25, 0.3) is 5.91 Å². The fourth-order valence-corrected chi connectivity index (χ4v) is 3.28. The molecule has 154 valence electrons. The number of likely N-dealkylation sites (tertiary alicyclic amines) is 1. The van der Waals surface area contributed by atoms with Gasteiger partial charge in [-0.15, -0.1) is 0 Å². The number of amides is 2. The molecular formula is C18H23F3N4O3. The van der Waals surface area contributed by atoms with Crippen LogP contribution in [0.25, 0.3) is 0 Å². The summed E-state index contributed by atoms with van der Waals surface area (Å²) in [5.41, 5.74) is 4.06. The quantitative estimate of drug-likeness (QED) is 0.519. The molecule has 28 heavy (non-hydrogen) atoms. The van der Waals surface area contributed by atoms with Gasteiger partial charge in [0.2, 0.25) is 5.91 Å². The Morgan fingerprint density at radius 2 is 1.96 bits per heavy atom. The number of rotatable bonds is 5. The summed E-state index contributed by atoms with van der Waals surface area (Å²) in [5.74, 6) is -1.96. The van der Waals surface area contributed by atoms with Crippen LogP contribution in [0, 0.1) is 5.41 Å². The maximum Gasteiger partial charge on any atom is 0.416 e. The summed E-state index contributed by atoms with van der Waals surface area (Å²) < 4.78 is 45.6. The third-order valence-corrected chi connectivity index (χ3v) is 4.68. The van der Waals surface area contributed by atoms with Crippen LogP contribution < -0.4 is 11.1 Å². The fraction of sp³-hybridized carbons (Fsp3) is 0.500. The van der Waals surface area contributed by atoms with Gasteiger partial charge in [-0.25, -0.2) is 0 Å². The van der Waals surface area contributed by atoms with Gasteiger partial charge in [0.05, 0.1) is 18.6 Å². The zero-order chi connectivity index (χ0) is 20.9. The van der Waals surface area contributed by atoms with Gasteiger partial charge >= 0.3 is 6.18 Å². The maximum atomic E-state index is 13.6. The van der Waals surface area contributed by atoms with E-state index >= 15 is 0 Å². The number of nitrogens with zero attached hydrogens (tertiary/aromatic N) is 1. The Labute approximate surface area is 160 Å². The average Bonchev–Trinajstić information content (AvgIpc) is 2.64. The molecule has 1 saturated heterocycles. The highest BCUT2D eigenvalue weighted by atomic mass is 19.4. The van der Waals surface area contributed by atoms with E-state index in [9.17, 15) is 22.8 Å². The smallest absolute Gasteiger partial charge is 0.384 e. The Morgan fingerprint density at radius 3 is 2.50 bits per heavy atom. The monoisotopic (exact) mass is 400 g/mol. The first-order valence-electron chi connectivity index (χ1n) is 8.76. The molecule has 4 N–H and O–H groups in total. The lowest BCUT2D eigenvalue weighted by molar-refractivity contribution is -0.139.